The van der Waals surface area contributed by atoms with E-state index in [0.717, 1.165) is 32.1 Å². The van der Waals surface area contributed by atoms with E-state index in [1.807, 2.05) is 0 Å². The minimum atomic E-state index is -0.0748. The molecule has 2 heteroatoms. The lowest BCUT2D eigenvalue weighted by atomic mass is 10.1. The van der Waals surface area contributed by atoms with E-state index in [-0.39, 0.29) is 5.97 Å². The highest BCUT2D eigenvalue weighted by Crippen LogP contribution is 2.11. The second-order valence-corrected chi connectivity index (χ2v) is 6.59. The molecule has 0 aliphatic heterocycles. The third-order valence-corrected chi connectivity index (χ3v) is 4.26. The van der Waals surface area contributed by atoms with Gasteiger partial charge in [0.1, 0.15) is 0 Å². The smallest absolute Gasteiger partial charge is 0.305 e. The van der Waals surface area contributed by atoms with E-state index < -0.39 is 0 Å². The predicted molar refractivity (Wildman–Crippen MR) is 110 cm³/mol. The average molecular weight is 349 g/mol. The maximum absolute atomic E-state index is 11.0. The molecule has 0 spiro atoms. The van der Waals surface area contributed by atoms with Crippen molar-refractivity contribution in [1.82, 2.24) is 0 Å². The van der Waals surface area contributed by atoms with Gasteiger partial charge in [-0.25, -0.2) is 0 Å². The van der Waals surface area contributed by atoms with Crippen molar-refractivity contribution in [1.29, 1.82) is 0 Å². The molecule has 0 heterocycles. The van der Waals surface area contributed by atoms with Crippen LogP contribution in [0.25, 0.3) is 0 Å². The lowest BCUT2D eigenvalue weighted by molar-refractivity contribution is -0.140. The number of unbranched alkanes of at least 4 members (excludes halogenated alkanes) is 9. The Bertz CT molecular complexity index is 366. The summed E-state index contributed by atoms with van der Waals surface area (Å²) in [4.78, 5) is 11.0. The first-order valence-corrected chi connectivity index (χ1v) is 10.3. The van der Waals surface area contributed by atoms with Crippen molar-refractivity contribution < 1.29 is 9.53 Å². The van der Waals surface area contributed by atoms with Gasteiger partial charge in [0.2, 0.25) is 0 Å². The first kappa shape index (κ1) is 23.7. The molecule has 0 aromatic rings. The van der Waals surface area contributed by atoms with Crippen LogP contribution in [0.2, 0.25) is 0 Å². The Morgan fingerprint density at radius 1 is 0.680 bits per heavy atom. The second kappa shape index (κ2) is 20.7. The van der Waals surface area contributed by atoms with Crippen LogP contribution in [0.15, 0.2) is 36.5 Å². The van der Waals surface area contributed by atoms with Crippen LogP contribution in [0.5, 0.6) is 0 Å². The number of ether oxygens (including phenoxy) is 1. The molecule has 0 unspecified atom stereocenters. The van der Waals surface area contributed by atoms with Crippen LogP contribution in [-0.2, 0) is 9.53 Å². The molecular formula is C23H40O2. The summed E-state index contributed by atoms with van der Waals surface area (Å²) in [7, 11) is 1.46. The summed E-state index contributed by atoms with van der Waals surface area (Å²) in [5.41, 5.74) is 0. The number of rotatable bonds is 17. The van der Waals surface area contributed by atoms with Gasteiger partial charge >= 0.3 is 5.97 Å². The highest BCUT2D eigenvalue weighted by atomic mass is 16.5. The largest absolute Gasteiger partial charge is 0.469 e. The summed E-state index contributed by atoms with van der Waals surface area (Å²) in [6.45, 7) is 2.17. The fraction of sp³-hybridized carbons (Fsp3) is 0.696. The van der Waals surface area contributed by atoms with Crippen molar-refractivity contribution in [2.45, 2.75) is 96.8 Å². The van der Waals surface area contributed by atoms with Crippen LogP contribution in [0, 0.1) is 0 Å². The molecule has 0 atom stereocenters. The number of esters is 1. The van der Waals surface area contributed by atoms with Gasteiger partial charge in [0, 0.05) is 6.42 Å². The van der Waals surface area contributed by atoms with Gasteiger partial charge in [0.25, 0.3) is 0 Å². The van der Waals surface area contributed by atoms with E-state index in [9.17, 15) is 4.79 Å². The highest BCUT2D eigenvalue weighted by molar-refractivity contribution is 5.68. The minimum Gasteiger partial charge on any atom is -0.469 e. The number of allylic oxidation sites excluding steroid dienone is 6. The summed E-state index contributed by atoms with van der Waals surface area (Å²) < 4.78 is 4.64. The first-order valence-electron chi connectivity index (χ1n) is 10.3. The molecule has 0 aromatic heterocycles. The van der Waals surface area contributed by atoms with E-state index in [1.165, 1.54) is 58.5 Å². The fourth-order valence-corrected chi connectivity index (χ4v) is 2.70. The van der Waals surface area contributed by atoms with Gasteiger partial charge in [-0.2, -0.15) is 0 Å². The molecule has 0 N–H and O–H groups in total. The summed E-state index contributed by atoms with van der Waals surface area (Å²) in [5.74, 6) is -0.0748. The molecule has 25 heavy (non-hydrogen) atoms. The van der Waals surface area contributed by atoms with E-state index in [4.69, 9.17) is 0 Å². The van der Waals surface area contributed by atoms with Crippen molar-refractivity contribution in [2.24, 2.45) is 0 Å². The molecule has 0 rings (SSSR count). The van der Waals surface area contributed by atoms with Gasteiger partial charge in [0.15, 0.2) is 0 Å². The van der Waals surface area contributed by atoms with Crippen LogP contribution >= 0.6 is 0 Å². The zero-order valence-electron chi connectivity index (χ0n) is 16.7. The highest BCUT2D eigenvalue weighted by Gasteiger charge is 1.98. The fourth-order valence-electron chi connectivity index (χ4n) is 2.70. The zero-order valence-corrected chi connectivity index (χ0v) is 16.7. The van der Waals surface area contributed by atoms with E-state index >= 15 is 0 Å². The van der Waals surface area contributed by atoms with Gasteiger partial charge in [-0.05, 0) is 38.5 Å². The summed E-state index contributed by atoms with van der Waals surface area (Å²) >= 11 is 0. The normalized spacial score (nSPS) is 11.9. The number of methoxy groups -OCH3 is 1. The number of carbonyl (C=O) groups is 1. The third-order valence-electron chi connectivity index (χ3n) is 4.26. The van der Waals surface area contributed by atoms with Crippen LogP contribution in [0.1, 0.15) is 96.8 Å². The van der Waals surface area contributed by atoms with Gasteiger partial charge in [-0.15, -0.1) is 0 Å². The molecule has 0 bridgehead atoms. The average Bonchev–Trinajstić information content (AvgIpc) is 2.63. The van der Waals surface area contributed by atoms with Crippen molar-refractivity contribution in [3.8, 4) is 0 Å². The van der Waals surface area contributed by atoms with Crippen LogP contribution in [-0.4, -0.2) is 13.1 Å². The van der Waals surface area contributed by atoms with Gasteiger partial charge in [-0.1, -0.05) is 88.3 Å². The predicted octanol–water partition coefficient (Wildman–Crippen LogP) is 7.31. The third kappa shape index (κ3) is 20.6. The monoisotopic (exact) mass is 348 g/mol. The molecule has 0 aromatic carbocycles. The maximum Gasteiger partial charge on any atom is 0.305 e. The molecule has 0 fully saturated rings. The quantitative estimate of drug-likeness (QED) is 0.156. The molecule has 0 amide bonds. The minimum absolute atomic E-state index is 0.0748. The van der Waals surface area contributed by atoms with Crippen LogP contribution in [0.3, 0.4) is 0 Å². The molecule has 0 aliphatic carbocycles. The van der Waals surface area contributed by atoms with Crippen LogP contribution < -0.4 is 0 Å². The van der Waals surface area contributed by atoms with Crippen LogP contribution in [0.4, 0.5) is 0 Å². The second-order valence-electron chi connectivity index (χ2n) is 6.59. The van der Waals surface area contributed by atoms with Crippen molar-refractivity contribution in [3.05, 3.63) is 36.5 Å². The Balaban J connectivity index is 3.19. The van der Waals surface area contributed by atoms with E-state index in [1.54, 1.807) is 0 Å². The molecule has 2 nitrogen and oxygen atoms in total. The Morgan fingerprint density at radius 3 is 1.72 bits per heavy atom. The maximum atomic E-state index is 11.0. The van der Waals surface area contributed by atoms with Crippen molar-refractivity contribution in [2.75, 3.05) is 7.11 Å². The number of carbonyl (C=O) groups excluding carboxylic acids is 1. The Morgan fingerprint density at radius 2 is 1.16 bits per heavy atom. The van der Waals surface area contributed by atoms with Crippen molar-refractivity contribution in [3.63, 3.8) is 0 Å². The van der Waals surface area contributed by atoms with Gasteiger partial charge in [-0.3, -0.25) is 4.79 Å². The lowest BCUT2D eigenvalue weighted by Crippen LogP contribution is -1.99. The molecule has 0 saturated heterocycles. The Labute approximate surface area is 156 Å². The standard InChI is InChI=1S/C23H40O2/c1-3-4-5-6-7-8-9-10-11-12-13-14-15-16-17-18-19-20-21-22-23(24)25-2/h4-5,7-8,10-11H,3,6,9,12-22H2,1-2H3/b5-4+,8-7-,11-10+. The Kier molecular flexibility index (Phi) is 19.6. The molecule has 0 radical (unpaired) electrons. The molecule has 0 saturated carbocycles. The van der Waals surface area contributed by atoms with Gasteiger partial charge in [0.05, 0.1) is 7.11 Å². The van der Waals surface area contributed by atoms with E-state index in [2.05, 4.69) is 48.1 Å². The molecular weight excluding hydrogens is 308 g/mol. The number of hydrogen-bond acceptors (Lipinski definition) is 2. The number of hydrogen-bond donors (Lipinski definition) is 0. The Hall–Kier alpha value is -1.31. The molecule has 144 valence electrons. The summed E-state index contributed by atoms with van der Waals surface area (Å²) in [6, 6.07) is 0. The molecule has 0 aliphatic rings. The summed E-state index contributed by atoms with van der Waals surface area (Å²) in [5, 5.41) is 0. The van der Waals surface area contributed by atoms with E-state index in [0.29, 0.717) is 6.42 Å². The SMILES string of the molecule is CC/C=C/C/C=C\C/C=C/CCCCCCCCCCCC(=O)OC. The lowest BCUT2D eigenvalue weighted by Gasteiger charge is -2.02. The zero-order chi connectivity index (χ0) is 18.4. The summed E-state index contributed by atoms with van der Waals surface area (Å²) in [6.07, 6.45) is 30.0. The first-order chi connectivity index (χ1) is 12.3. The van der Waals surface area contributed by atoms with Crippen molar-refractivity contribution >= 4 is 5.97 Å². The van der Waals surface area contributed by atoms with Gasteiger partial charge < -0.3 is 4.74 Å². The topological polar surface area (TPSA) is 26.3 Å².